The summed E-state index contributed by atoms with van der Waals surface area (Å²) in [4.78, 5) is 12.0. The Morgan fingerprint density at radius 3 is 2.64 bits per heavy atom. The lowest BCUT2D eigenvalue weighted by Gasteiger charge is -2.16. The van der Waals surface area contributed by atoms with Crippen molar-refractivity contribution in [2.45, 2.75) is 26.1 Å². The van der Waals surface area contributed by atoms with Crippen molar-refractivity contribution in [1.82, 2.24) is 10.6 Å². The van der Waals surface area contributed by atoms with Gasteiger partial charge in [-0.15, -0.1) is 0 Å². The third-order valence-corrected chi connectivity index (χ3v) is 3.56. The fourth-order valence-electron chi connectivity index (χ4n) is 2.32. The van der Waals surface area contributed by atoms with Crippen LogP contribution in [0.4, 0.5) is 13.6 Å². The molecule has 0 aliphatic carbocycles. The number of para-hydroxylation sites is 1. The molecule has 0 aliphatic heterocycles. The van der Waals surface area contributed by atoms with Crippen molar-refractivity contribution < 1.29 is 23.0 Å². The largest absolute Gasteiger partial charge is 0.496 e. The maximum Gasteiger partial charge on any atom is 0.387 e. The van der Waals surface area contributed by atoms with E-state index in [2.05, 4.69) is 15.4 Å². The number of methoxy groups -OCH3 is 1. The molecule has 7 heteroatoms. The number of halogens is 2. The number of alkyl halides is 2. The minimum absolute atomic E-state index is 0.0515. The highest BCUT2D eigenvalue weighted by atomic mass is 19.3. The molecule has 0 aromatic heterocycles. The fourth-order valence-corrected chi connectivity index (χ4v) is 2.32. The van der Waals surface area contributed by atoms with Gasteiger partial charge in [-0.3, -0.25) is 0 Å². The summed E-state index contributed by atoms with van der Waals surface area (Å²) in [5.41, 5.74) is 1.51. The molecule has 0 saturated carbocycles. The van der Waals surface area contributed by atoms with Crippen molar-refractivity contribution in [3.8, 4) is 11.5 Å². The molecule has 0 saturated heterocycles. The van der Waals surface area contributed by atoms with E-state index in [9.17, 15) is 13.6 Å². The Morgan fingerprint density at radius 2 is 1.92 bits per heavy atom. The van der Waals surface area contributed by atoms with Crippen molar-refractivity contribution >= 4 is 6.03 Å². The molecule has 2 aromatic carbocycles. The third-order valence-electron chi connectivity index (χ3n) is 3.56. The topological polar surface area (TPSA) is 59.6 Å². The van der Waals surface area contributed by atoms with Gasteiger partial charge < -0.3 is 20.1 Å². The molecule has 1 unspecified atom stereocenters. The molecule has 2 N–H and O–H groups in total. The maximum atomic E-state index is 12.3. The van der Waals surface area contributed by atoms with E-state index < -0.39 is 6.61 Å². The number of benzene rings is 2. The maximum absolute atomic E-state index is 12.3. The normalized spacial score (nSPS) is 11.7. The molecule has 0 heterocycles. The van der Waals surface area contributed by atoms with Crippen LogP contribution < -0.4 is 20.1 Å². The Hall–Kier alpha value is -2.83. The van der Waals surface area contributed by atoms with Crippen LogP contribution in [0.1, 0.15) is 24.1 Å². The second-order valence-corrected chi connectivity index (χ2v) is 5.31. The highest BCUT2D eigenvalue weighted by Crippen LogP contribution is 2.21. The molecule has 134 valence electrons. The van der Waals surface area contributed by atoms with Gasteiger partial charge in [-0.05, 0) is 30.7 Å². The summed E-state index contributed by atoms with van der Waals surface area (Å²) in [7, 11) is 1.56. The van der Waals surface area contributed by atoms with Crippen LogP contribution in [0, 0.1) is 0 Å². The summed E-state index contributed by atoms with van der Waals surface area (Å²) < 4.78 is 34.1. The Labute approximate surface area is 144 Å². The predicted octanol–water partition coefficient (Wildman–Crippen LogP) is 3.86. The minimum Gasteiger partial charge on any atom is -0.496 e. The van der Waals surface area contributed by atoms with Crippen LogP contribution in [0.15, 0.2) is 48.5 Å². The zero-order valence-electron chi connectivity index (χ0n) is 14.0. The highest BCUT2D eigenvalue weighted by molar-refractivity contribution is 5.74. The average Bonchev–Trinajstić information content (AvgIpc) is 2.59. The first-order valence-corrected chi connectivity index (χ1v) is 7.70. The van der Waals surface area contributed by atoms with Crippen LogP contribution >= 0.6 is 0 Å². The van der Waals surface area contributed by atoms with Crippen molar-refractivity contribution in [3.05, 3.63) is 59.7 Å². The number of hydrogen-bond donors (Lipinski definition) is 2. The average molecular weight is 350 g/mol. The van der Waals surface area contributed by atoms with Gasteiger partial charge in [-0.25, -0.2) is 4.79 Å². The predicted molar refractivity (Wildman–Crippen MR) is 89.9 cm³/mol. The van der Waals surface area contributed by atoms with Crippen molar-refractivity contribution in [2.75, 3.05) is 7.11 Å². The van der Waals surface area contributed by atoms with Gasteiger partial charge in [0, 0.05) is 12.1 Å². The van der Waals surface area contributed by atoms with Crippen molar-refractivity contribution in [1.29, 1.82) is 0 Å². The number of carbonyl (C=O) groups is 1. The number of nitrogens with one attached hydrogen (secondary N) is 2. The minimum atomic E-state index is -2.89. The molecule has 2 rings (SSSR count). The molecule has 25 heavy (non-hydrogen) atoms. The van der Waals surface area contributed by atoms with Crippen LogP contribution in [0.25, 0.3) is 0 Å². The van der Waals surface area contributed by atoms with Crippen LogP contribution in [0.5, 0.6) is 11.5 Å². The van der Waals surface area contributed by atoms with Crippen molar-refractivity contribution in [3.63, 3.8) is 0 Å². The van der Waals surface area contributed by atoms with Crippen molar-refractivity contribution in [2.24, 2.45) is 0 Å². The smallest absolute Gasteiger partial charge is 0.387 e. The Kier molecular flexibility index (Phi) is 6.56. The molecule has 1 atom stereocenters. The van der Waals surface area contributed by atoms with Gasteiger partial charge >= 0.3 is 12.6 Å². The molecule has 2 aromatic rings. The summed E-state index contributed by atoms with van der Waals surface area (Å²) >= 11 is 0. The summed E-state index contributed by atoms with van der Waals surface area (Å²) in [6.45, 7) is -0.830. The fraction of sp³-hybridized carbons (Fsp3) is 0.278. The van der Waals surface area contributed by atoms with E-state index in [1.165, 1.54) is 12.1 Å². The SMILES string of the molecule is COc1ccccc1CNC(=O)NC(C)c1cccc(OC(F)F)c1. The number of amides is 2. The Bertz CT molecular complexity index is 710. The second-order valence-electron chi connectivity index (χ2n) is 5.31. The lowest BCUT2D eigenvalue weighted by molar-refractivity contribution is -0.0499. The van der Waals surface area contributed by atoms with Gasteiger partial charge in [0.05, 0.1) is 13.2 Å². The number of hydrogen-bond acceptors (Lipinski definition) is 3. The number of rotatable bonds is 7. The number of ether oxygens (including phenoxy) is 2. The van der Waals surface area contributed by atoms with E-state index >= 15 is 0 Å². The van der Waals surface area contributed by atoms with Gasteiger partial charge in [0.15, 0.2) is 0 Å². The van der Waals surface area contributed by atoms with E-state index in [1.54, 1.807) is 26.2 Å². The molecule has 0 fully saturated rings. The molecular formula is C18H20F2N2O3. The molecule has 0 bridgehead atoms. The molecule has 0 aliphatic rings. The van der Waals surface area contributed by atoms with Crippen LogP contribution in [0.2, 0.25) is 0 Å². The van der Waals surface area contributed by atoms with Crippen LogP contribution in [-0.2, 0) is 6.54 Å². The van der Waals surface area contributed by atoms with Crippen LogP contribution in [-0.4, -0.2) is 19.8 Å². The van der Waals surface area contributed by atoms with Gasteiger partial charge in [0.1, 0.15) is 11.5 Å². The molecule has 0 spiro atoms. The molecule has 0 radical (unpaired) electrons. The first kappa shape index (κ1) is 18.5. The monoisotopic (exact) mass is 350 g/mol. The lowest BCUT2D eigenvalue weighted by Crippen LogP contribution is -2.36. The standard InChI is InChI=1S/C18H20F2N2O3/c1-12(13-7-5-8-15(10-13)25-17(19)20)22-18(23)21-11-14-6-3-4-9-16(14)24-2/h3-10,12,17H,11H2,1-2H3,(H2,21,22,23). The second kappa shape index (κ2) is 8.86. The van der Waals surface area contributed by atoms with Gasteiger partial charge in [0.2, 0.25) is 0 Å². The summed E-state index contributed by atoms with van der Waals surface area (Å²) in [5.74, 6) is 0.739. The van der Waals surface area contributed by atoms with Gasteiger partial charge in [-0.2, -0.15) is 8.78 Å². The first-order chi connectivity index (χ1) is 12.0. The van der Waals surface area contributed by atoms with Gasteiger partial charge in [-0.1, -0.05) is 30.3 Å². The number of urea groups is 1. The molecular weight excluding hydrogens is 330 g/mol. The lowest BCUT2D eigenvalue weighted by atomic mass is 10.1. The van der Waals surface area contributed by atoms with E-state index in [1.807, 2.05) is 24.3 Å². The third kappa shape index (κ3) is 5.63. The summed E-state index contributed by atoms with van der Waals surface area (Å²) in [6.07, 6.45) is 0. The zero-order valence-corrected chi connectivity index (χ0v) is 14.0. The molecule has 2 amide bonds. The van der Waals surface area contributed by atoms with E-state index in [4.69, 9.17) is 4.74 Å². The quantitative estimate of drug-likeness (QED) is 0.797. The molecule has 5 nitrogen and oxygen atoms in total. The number of carbonyl (C=O) groups excluding carboxylic acids is 1. The first-order valence-electron chi connectivity index (χ1n) is 7.70. The Balaban J connectivity index is 1.91. The summed E-state index contributed by atoms with van der Waals surface area (Å²) in [6, 6.07) is 12.8. The summed E-state index contributed by atoms with van der Waals surface area (Å²) in [5, 5.41) is 5.49. The zero-order chi connectivity index (χ0) is 18.2. The van der Waals surface area contributed by atoms with E-state index in [0.717, 1.165) is 5.56 Å². The van der Waals surface area contributed by atoms with E-state index in [0.29, 0.717) is 17.9 Å². The highest BCUT2D eigenvalue weighted by Gasteiger charge is 2.12. The van der Waals surface area contributed by atoms with Gasteiger partial charge in [0.25, 0.3) is 0 Å². The Morgan fingerprint density at radius 1 is 1.16 bits per heavy atom. The van der Waals surface area contributed by atoms with E-state index in [-0.39, 0.29) is 17.8 Å². The van der Waals surface area contributed by atoms with Crippen LogP contribution in [0.3, 0.4) is 0 Å².